The molecule has 10 heteroatoms. The quantitative estimate of drug-likeness (QED) is 0.297. The number of hydrogen-bond acceptors (Lipinski definition) is 6. The molecule has 150 valence electrons. The van der Waals surface area contributed by atoms with E-state index < -0.39 is 4.92 Å². The van der Waals surface area contributed by atoms with E-state index >= 15 is 0 Å². The maximum atomic E-state index is 12.3. The monoisotopic (exact) mass is 423 g/mol. The third-order valence-electron chi connectivity index (χ3n) is 4.88. The van der Waals surface area contributed by atoms with Crippen molar-refractivity contribution in [3.05, 3.63) is 44.7 Å². The maximum absolute atomic E-state index is 12.3. The van der Waals surface area contributed by atoms with Crippen molar-refractivity contribution >= 4 is 35.0 Å². The molecule has 1 aliphatic rings. The van der Waals surface area contributed by atoms with Gasteiger partial charge in [0.25, 0.3) is 11.6 Å². The predicted octanol–water partition coefficient (Wildman–Crippen LogP) is 4.04. The van der Waals surface area contributed by atoms with Crippen LogP contribution in [0.4, 0.5) is 5.69 Å². The summed E-state index contributed by atoms with van der Waals surface area (Å²) in [6.45, 7) is 0.446. The third kappa shape index (κ3) is 4.64. The lowest BCUT2D eigenvalue weighted by Crippen LogP contribution is -2.25. The number of aromatic nitrogens is 3. The number of nitrogens with one attached hydrogen (secondary N) is 1. The Morgan fingerprint density at radius 1 is 1.39 bits per heavy atom. The molecule has 28 heavy (non-hydrogen) atoms. The highest BCUT2D eigenvalue weighted by atomic mass is 35.5. The number of nitro benzene ring substituents is 1. The first-order valence-electron chi connectivity index (χ1n) is 9.21. The van der Waals surface area contributed by atoms with Crippen LogP contribution in [0.2, 0.25) is 5.02 Å². The Bertz CT molecular complexity index is 867. The molecule has 8 nitrogen and oxygen atoms in total. The highest BCUT2D eigenvalue weighted by Gasteiger charge is 2.23. The SMILES string of the molecule is CSc1nnc(CCCNC(=O)c2ccc(Cl)c([N+](=O)[O-])c2)n1C1CCCC1. The molecule has 1 N–H and O–H groups in total. The molecule has 0 atom stereocenters. The number of nitro groups is 1. The largest absolute Gasteiger partial charge is 0.352 e. The Labute approximate surface area is 172 Å². The van der Waals surface area contributed by atoms with E-state index in [1.807, 2.05) is 6.26 Å². The number of carbonyl (C=O) groups excluding carboxylic acids is 1. The Morgan fingerprint density at radius 2 is 2.14 bits per heavy atom. The van der Waals surface area contributed by atoms with Crippen LogP contribution in [0, 0.1) is 10.1 Å². The van der Waals surface area contributed by atoms with Gasteiger partial charge in [0.05, 0.1) is 4.92 Å². The minimum Gasteiger partial charge on any atom is -0.352 e. The van der Waals surface area contributed by atoms with Crippen molar-refractivity contribution in [1.29, 1.82) is 0 Å². The highest BCUT2D eigenvalue weighted by Crippen LogP contribution is 2.33. The molecule has 1 saturated carbocycles. The average molecular weight is 424 g/mol. The maximum Gasteiger partial charge on any atom is 0.288 e. The van der Waals surface area contributed by atoms with Gasteiger partial charge < -0.3 is 9.88 Å². The summed E-state index contributed by atoms with van der Waals surface area (Å²) < 4.78 is 2.25. The van der Waals surface area contributed by atoms with Gasteiger partial charge in [0, 0.05) is 30.6 Å². The summed E-state index contributed by atoms with van der Waals surface area (Å²) >= 11 is 7.39. The molecule has 0 saturated heterocycles. The molecular formula is C18H22ClN5O3S. The molecule has 0 spiro atoms. The second-order valence-electron chi connectivity index (χ2n) is 6.69. The van der Waals surface area contributed by atoms with Crippen LogP contribution in [0.5, 0.6) is 0 Å². The van der Waals surface area contributed by atoms with Gasteiger partial charge in [0.1, 0.15) is 10.8 Å². The topological polar surface area (TPSA) is 103 Å². The summed E-state index contributed by atoms with van der Waals surface area (Å²) in [7, 11) is 0. The number of hydrogen-bond donors (Lipinski definition) is 1. The van der Waals surface area contributed by atoms with Gasteiger partial charge in [-0.1, -0.05) is 36.2 Å². The van der Waals surface area contributed by atoms with Crippen LogP contribution in [0.15, 0.2) is 23.4 Å². The van der Waals surface area contributed by atoms with Crippen molar-refractivity contribution in [1.82, 2.24) is 20.1 Å². The van der Waals surface area contributed by atoms with Crippen LogP contribution in [-0.2, 0) is 6.42 Å². The van der Waals surface area contributed by atoms with E-state index in [1.165, 1.54) is 31.0 Å². The summed E-state index contributed by atoms with van der Waals surface area (Å²) in [5, 5.41) is 23.3. The molecule has 1 heterocycles. The van der Waals surface area contributed by atoms with Crippen LogP contribution in [0.3, 0.4) is 0 Å². The second-order valence-corrected chi connectivity index (χ2v) is 7.87. The minimum atomic E-state index is -0.599. The highest BCUT2D eigenvalue weighted by molar-refractivity contribution is 7.98. The molecule has 1 aliphatic carbocycles. The van der Waals surface area contributed by atoms with Crippen molar-refractivity contribution in [3.63, 3.8) is 0 Å². The van der Waals surface area contributed by atoms with E-state index in [0.717, 1.165) is 23.8 Å². The molecule has 3 rings (SSSR count). The number of benzene rings is 1. The van der Waals surface area contributed by atoms with Gasteiger partial charge in [0.2, 0.25) is 0 Å². The smallest absolute Gasteiger partial charge is 0.288 e. The van der Waals surface area contributed by atoms with Crippen LogP contribution in [-0.4, -0.2) is 38.4 Å². The zero-order chi connectivity index (χ0) is 20.1. The number of rotatable bonds is 8. The number of carbonyl (C=O) groups is 1. The lowest BCUT2D eigenvalue weighted by Gasteiger charge is -2.16. The van der Waals surface area contributed by atoms with Gasteiger partial charge >= 0.3 is 0 Å². The number of amides is 1. The van der Waals surface area contributed by atoms with E-state index in [2.05, 4.69) is 20.1 Å². The molecule has 1 fully saturated rings. The van der Waals surface area contributed by atoms with E-state index in [0.29, 0.717) is 25.4 Å². The molecule has 1 aromatic carbocycles. The van der Waals surface area contributed by atoms with Gasteiger partial charge in [0.15, 0.2) is 5.16 Å². The number of thioether (sulfide) groups is 1. The fourth-order valence-corrected chi connectivity index (χ4v) is 4.25. The lowest BCUT2D eigenvalue weighted by molar-refractivity contribution is -0.384. The van der Waals surface area contributed by atoms with Crippen LogP contribution < -0.4 is 5.32 Å². The van der Waals surface area contributed by atoms with Crippen molar-refractivity contribution in [2.75, 3.05) is 12.8 Å². The van der Waals surface area contributed by atoms with Crippen molar-refractivity contribution in [2.45, 2.75) is 49.7 Å². The van der Waals surface area contributed by atoms with Gasteiger partial charge in [-0.2, -0.15) is 0 Å². The third-order valence-corrected chi connectivity index (χ3v) is 5.84. The fourth-order valence-electron chi connectivity index (χ4n) is 3.49. The van der Waals surface area contributed by atoms with Gasteiger partial charge in [-0.05, 0) is 37.7 Å². The first-order chi connectivity index (χ1) is 13.5. The Balaban J connectivity index is 1.56. The molecule has 1 amide bonds. The summed E-state index contributed by atoms with van der Waals surface area (Å²) in [5.41, 5.74) is -0.0570. The van der Waals surface area contributed by atoms with Crippen molar-refractivity contribution in [2.24, 2.45) is 0 Å². The summed E-state index contributed by atoms with van der Waals surface area (Å²) in [4.78, 5) is 22.6. The van der Waals surface area contributed by atoms with Crippen LogP contribution in [0.25, 0.3) is 0 Å². The average Bonchev–Trinajstić information content (AvgIpc) is 3.34. The van der Waals surface area contributed by atoms with E-state index in [4.69, 9.17) is 11.6 Å². The molecule has 1 aromatic heterocycles. The molecule has 0 bridgehead atoms. The molecule has 0 radical (unpaired) electrons. The van der Waals surface area contributed by atoms with Crippen LogP contribution >= 0.6 is 23.4 Å². The lowest BCUT2D eigenvalue weighted by atomic mass is 10.2. The molecule has 0 unspecified atom stereocenters. The van der Waals surface area contributed by atoms with E-state index in [1.54, 1.807) is 11.8 Å². The van der Waals surface area contributed by atoms with E-state index in [9.17, 15) is 14.9 Å². The second kappa shape index (κ2) is 9.38. The number of aryl methyl sites for hydroxylation is 1. The first-order valence-corrected chi connectivity index (χ1v) is 10.8. The van der Waals surface area contributed by atoms with Crippen molar-refractivity contribution < 1.29 is 9.72 Å². The fraction of sp³-hybridized carbons (Fsp3) is 0.500. The normalized spacial score (nSPS) is 14.4. The Kier molecular flexibility index (Phi) is 6.90. The minimum absolute atomic E-state index is 0.0115. The standard InChI is InChI=1S/C18H22ClN5O3S/c1-28-18-22-21-16(23(18)13-5-2-3-6-13)7-4-10-20-17(25)12-8-9-14(19)15(11-12)24(26)27/h8-9,11,13H,2-7,10H2,1H3,(H,20,25). The Morgan fingerprint density at radius 3 is 2.82 bits per heavy atom. The first kappa shape index (κ1) is 20.6. The number of nitrogens with zero attached hydrogens (tertiary/aromatic N) is 4. The van der Waals surface area contributed by atoms with Gasteiger partial charge in [-0.15, -0.1) is 10.2 Å². The zero-order valence-electron chi connectivity index (χ0n) is 15.6. The van der Waals surface area contributed by atoms with Crippen LogP contribution in [0.1, 0.15) is 54.3 Å². The molecule has 2 aromatic rings. The predicted molar refractivity (Wildman–Crippen MR) is 108 cm³/mol. The summed E-state index contributed by atoms with van der Waals surface area (Å²) in [5.74, 6) is 0.592. The van der Waals surface area contributed by atoms with Gasteiger partial charge in [-0.25, -0.2) is 0 Å². The Hall–Kier alpha value is -2.13. The van der Waals surface area contributed by atoms with Crippen molar-refractivity contribution in [3.8, 4) is 0 Å². The molecular weight excluding hydrogens is 402 g/mol. The summed E-state index contributed by atoms with van der Waals surface area (Å²) in [6, 6.07) is 4.50. The summed E-state index contributed by atoms with van der Waals surface area (Å²) in [6.07, 6.45) is 8.21. The molecule has 0 aliphatic heterocycles. The zero-order valence-corrected chi connectivity index (χ0v) is 17.1. The van der Waals surface area contributed by atoms with Gasteiger partial charge in [-0.3, -0.25) is 14.9 Å². The number of halogens is 1. The van der Waals surface area contributed by atoms with E-state index in [-0.39, 0.29) is 22.2 Å².